The van der Waals surface area contributed by atoms with Crippen LogP contribution in [-0.2, 0) is 11.2 Å². The number of carbonyl (C=O) groups excluding carboxylic acids is 2. The molecule has 0 bridgehead atoms. The Morgan fingerprint density at radius 2 is 1.86 bits per heavy atom. The monoisotopic (exact) mass is 445 g/mol. The van der Waals surface area contributed by atoms with Crippen LogP contribution in [-0.4, -0.2) is 41.0 Å². The van der Waals surface area contributed by atoms with Crippen LogP contribution in [0.15, 0.2) is 33.3 Å². The Balaban J connectivity index is 1.49. The Morgan fingerprint density at radius 1 is 1.18 bits per heavy atom. The van der Waals surface area contributed by atoms with Gasteiger partial charge in [-0.3, -0.25) is 9.59 Å². The van der Waals surface area contributed by atoms with Gasteiger partial charge in [-0.1, -0.05) is 40.1 Å². The van der Waals surface area contributed by atoms with Crippen LogP contribution in [0.4, 0.5) is 0 Å². The van der Waals surface area contributed by atoms with E-state index in [9.17, 15) is 9.59 Å². The van der Waals surface area contributed by atoms with Crippen LogP contribution in [0.1, 0.15) is 48.7 Å². The smallest absolute Gasteiger partial charge is 0.259 e. The summed E-state index contributed by atoms with van der Waals surface area (Å²) in [7, 11) is 0. The molecule has 2 amide bonds. The van der Waals surface area contributed by atoms with E-state index in [0.29, 0.717) is 55.4 Å². The lowest BCUT2D eigenvalue weighted by atomic mass is 9.94. The van der Waals surface area contributed by atoms with Crippen molar-refractivity contribution in [1.29, 1.82) is 0 Å². The van der Waals surface area contributed by atoms with E-state index < -0.39 is 0 Å². The number of hydrogen-bond donors (Lipinski definition) is 1. The van der Waals surface area contributed by atoms with Gasteiger partial charge in [-0.05, 0) is 37.8 Å². The number of aromatic nitrogens is 1. The number of halogens is 1. The second kappa shape index (κ2) is 8.07. The maximum Gasteiger partial charge on any atom is 0.259 e. The Labute approximate surface area is 172 Å². The van der Waals surface area contributed by atoms with Crippen LogP contribution in [0.3, 0.4) is 0 Å². The van der Waals surface area contributed by atoms with Crippen molar-refractivity contribution < 1.29 is 14.1 Å². The number of rotatable bonds is 5. The van der Waals surface area contributed by atoms with Gasteiger partial charge in [0.25, 0.3) is 5.91 Å². The number of piperidine rings is 1. The molecule has 0 unspecified atom stereocenters. The fraction of sp³-hybridized carbons (Fsp3) is 0.476. The molecule has 2 aliphatic rings. The minimum absolute atomic E-state index is 0.00344. The summed E-state index contributed by atoms with van der Waals surface area (Å²) >= 11 is 3.43. The Bertz CT molecular complexity index is 866. The third-order valence-electron chi connectivity index (χ3n) is 5.49. The van der Waals surface area contributed by atoms with E-state index in [0.717, 1.165) is 22.9 Å². The van der Waals surface area contributed by atoms with E-state index in [-0.39, 0.29) is 17.7 Å². The van der Waals surface area contributed by atoms with Crippen molar-refractivity contribution >= 4 is 27.7 Å². The number of carbonyl (C=O) groups is 2. The molecule has 6 nitrogen and oxygen atoms in total. The molecule has 1 aliphatic carbocycles. The molecule has 1 aromatic heterocycles. The van der Waals surface area contributed by atoms with Crippen LogP contribution in [0.5, 0.6) is 0 Å². The third-order valence-corrected chi connectivity index (χ3v) is 6.02. The van der Waals surface area contributed by atoms with E-state index in [1.54, 1.807) is 0 Å². The van der Waals surface area contributed by atoms with Gasteiger partial charge in [-0.15, -0.1) is 0 Å². The Kier molecular flexibility index (Phi) is 5.53. The fourth-order valence-electron chi connectivity index (χ4n) is 3.64. The highest BCUT2D eigenvalue weighted by Gasteiger charge is 2.33. The summed E-state index contributed by atoms with van der Waals surface area (Å²) in [6.07, 6.45) is 4.19. The zero-order valence-corrected chi connectivity index (χ0v) is 17.5. The minimum atomic E-state index is -0.0583. The van der Waals surface area contributed by atoms with Crippen LogP contribution < -0.4 is 5.32 Å². The molecule has 2 fully saturated rings. The minimum Gasteiger partial charge on any atom is -0.360 e. The van der Waals surface area contributed by atoms with E-state index in [1.165, 1.54) is 0 Å². The van der Waals surface area contributed by atoms with Gasteiger partial charge in [0.2, 0.25) is 5.91 Å². The van der Waals surface area contributed by atoms with Gasteiger partial charge in [0.05, 0.1) is 0 Å². The van der Waals surface area contributed by atoms with Gasteiger partial charge in [0.1, 0.15) is 17.0 Å². The number of nitrogens with one attached hydrogen (secondary N) is 1. The van der Waals surface area contributed by atoms with E-state index in [2.05, 4.69) is 26.4 Å². The first-order valence-corrected chi connectivity index (χ1v) is 10.7. The van der Waals surface area contributed by atoms with Crippen LogP contribution >= 0.6 is 15.9 Å². The molecule has 2 heterocycles. The molecule has 1 aromatic carbocycles. The Hall–Kier alpha value is -2.15. The first kappa shape index (κ1) is 19.2. The number of likely N-dealkylation sites (tertiary alicyclic amines) is 1. The quantitative estimate of drug-likeness (QED) is 0.759. The molecule has 28 heavy (non-hydrogen) atoms. The zero-order valence-electron chi connectivity index (χ0n) is 15.9. The summed E-state index contributed by atoms with van der Waals surface area (Å²) in [5.74, 6) is 0.696. The highest BCUT2D eigenvalue weighted by molar-refractivity contribution is 9.10. The lowest BCUT2D eigenvalue weighted by molar-refractivity contribution is -0.126. The van der Waals surface area contributed by atoms with Crippen LogP contribution in [0, 0.1) is 5.92 Å². The van der Waals surface area contributed by atoms with E-state index >= 15 is 0 Å². The average molecular weight is 446 g/mol. The third kappa shape index (κ3) is 3.99. The summed E-state index contributed by atoms with van der Waals surface area (Å²) in [4.78, 5) is 27.4. The zero-order chi connectivity index (χ0) is 19.7. The second-order valence-corrected chi connectivity index (χ2v) is 8.45. The molecule has 0 radical (unpaired) electrons. The van der Waals surface area contributed by atoms with Gasteiger partial charge in [0, 0.05) is 41.5 Å². The molecule has 4 rings (SSSR count). The SMILES string of the molecule is CCc1onc(-c2ccc(Br)cc2)c1C(=O)N1CCC(C(=O)NC2CC2)CC1. The molecule has 1 N–H and O–H groups in total. The maximum absolute atomic E-state index is 13.3. The number of nitrogens with zero attached hydrogens (tertiary/aromatic N) is 2. The molecule has 148 valence electrons. The van der Waals surface area contributed by atoms with Gasteiger partial charge in [-0.25, -0.2) is 0 Å². The number of aryl methyl sites for hydroxylation is 1. The molecule has 7 heteroatoms. The van der Waals surface area contributed by atoms with Gasteiger partial charge in [-0.2, -0.15) is 0 Å². The highest BCUT2D eigenvalue weighted by atomic mass is 79.9. The van der Waals surface area contributed by atoms with Crippen LogP contribution in [0.2, 0.25) is 0 Å². The molecule has 0 atom stereocenters. The average Bonchev–Trinajstić information content (AvgIpc) is 3.43. The van der Waals surface area contributed by atoms with Crippen molar-refractivity contribution in [2.24, 2.45) is 5.92 Å². The number of amides is 2. The first-order chi connectivity index (χ1) is 13.6. The Morgan fingerprint density at radius 3 is 2.46 bits per heavy atom. The topological polar surface area (TPSA) is 75.4 Å². The first-order valence-electron chi connectivity index (χ1n) is 9.91. The molecule has 0 spiro atoms. The van der Waals surface area contributed by atoms with Crippen LogP contribution in [0.25, 0.3) is 11.3 Å². The summed E-state index contributed by atoms with van der Waals surface area (Å²) in [6, 6.07) is 8.07. The lowest BCUT2D eigenvalue weighted by Gasteiger charge is -2.31. The van der Waals surface area contributed by atoms with Crippen molar-refractivity contribution in [3.8, 4) is 11.3 Å². The fourth-order valence-corrected chi connectivity index (χ4v) is 3.90. The second-order valence-electron chi connectivity index (χ2n) is 7.54. The van der Waals surface area contributed by atoms with E-state index in [4.69, 9.17) is 4.52 Å². The van der Waals surface area contributed by atoms with Crippen molar-refractivity contribution in [3.05, 3.63) is 40.1 Å². The van der Waals surface area contributed by atoms with Crippen molar-refractivity contribution in [2.45, 2.75) is 45.1 Å². The predicted octanol–water partition coefficient (Wildman–Crippen LogP) is 3.80. The summed E-state index contributed by atoms with van der Waals surface area (Å²) in [5.41, 5.74) is 1.99. The molecule has 2 aromatic rings. The summed E-state index contributed by atoms with van der Waals surface area (Å²) in [6.45, 7) is 3.11. The summed E-state index contributed by atoms with van der Waals surface area (Å²) < 4.78 is 6.45. The number of benzene rings is 1. The predicted molar refractivity (Wildman–Crippen MR) is 109 cm³/mol. The lowest BCUT2D eigenvalue weighted by Crippen LogP contribution is -2.43. The van der Waals surface area contributed by atoms with E-state index in [1.807, 2.05) is 36.1 Å². The standard InChI is InChI=1S/C21H24BrN3O3/c1-2-17-18(19(24-28-17)13-3-5-15(22)6-4-13)21(27)25-11-9-14(10-12-25)20(26)23-16-7-8-16/h3-6,14,16H,2,7-12H2,1H3,(H,23,26). The molecular weight excluding hydrogens is 422 g/mol. The molecule has 1 saturated carbocycles. The van der Waals surface area contributed by atoms with Gasteiger partial charge < -0.3 is 14.7 Å². The maximum atomic E-state index is 13.3. The largest absolute Gasteiger partial charge is 0.360 e. The van der Waals surface area contributed by atoms with Crippen molar-refractivity contribution in [2.75, 3.05) is 13.1 Å². The highest BCUT2D eigenvalue weighted by Crippen LogP contribution is 2.30. The van der Waals surface area contributed by atoms with Gasteiger partial charge >= 0.3 is 0 Å². The molecule has 1 saturated heterocycles. The van der Waals surface area contributed by atoms with Crippen molar-refractivity contribution in [3.63, 3.8) is 0 Å². The number of hydrogen-bond acceptors (Lipinski definition) is 4. The summed E-state index contributed by atoms with van der Waals surface area (Å²) in [5, 5.41) is 7.26. The molecular formula is C21H24BrN3O3. The molecule has 1 aliphatic heterocycles. The normalized spacial score (nSPS) is 17.6. The van der Waals surface area contributed by atoms with Gasteiger partial charge in [0.15, 0.2) is 0 Å². The van der Waals surface area contributed by atoms with Crippen molar-refractivity contribution in [1.82, 2.24) is 15.4 Å².